The van der Waals surface area contributed by atoms with Gasteiger partial charge < -0.3 is 20.1 Å². The molecule has 0 saturated carbocycles. The Labute approximate surface area is 146 Å². The molecule has 132 valence electrons. The summed E-state index contributed by atoms with van der Waals surface area (Å²) < 4.78 is 10.5. The lowest BCUT2D eigenvalue weighted by Crippen LogP contribution is -2.32. The zero-order chi connectivity index (χ0) is 17.7. The van der Waals surface area contributed by atoms with Gasteiger partial charge in [-0.15, -0.1) is 0 Å². The summed E-state index contributed by atoms with van der Waals surface area (Å²) in [4.78, 5) is 25.5. The molecule has 0 bridgehead atoms. The molecule has 1 aliphatic heterocycles. The van der Waals surface area contributed by atoms with Crippen LogP contribution in [0.2, 0.25) is 5.02 Å². The molecule has 1 aromatic rings. The van der Waals surface area contributed by atoms with Gasteiger partial charge in [0.2, 0.25) is 0 Å². The number of benzene rings is 1. The van der Waals surface area contributed by atoms with Gasteiger partial charge in [-0.1, -0.05) is 18.5 Å². The highest BCUT2D eigenvalue weighted by Gasteiger charge is 2.22. The Morgan fingerprint density at radius 2 is 2.08 bits per heavy atom. The third kappa shape index (κ3) is 4.54. The van der Waals surface area contributed by atoms with Crippen LogP contribution < -0.4 is 15.2 Å². The summed E-state index contributed by atoms with van der Waals surface area (Å²) in [5.74, 6) is 0.442. The van der Waals surface area contributed by atoms with E-state index in [0.717, 1.165) is 32.4 Å². The number of amides is 2. The smallest absolute Gasteiger partial charge is 0.255 e. The lowest BCUT2D eigenvalue weighted by molar-refractivity contribution is -0.119. The van der Waals surface area contributed by atoms with Gasteiger partial charge in [-0.2, -0.15) is 0 Å². The first kappa shape index (κ1) is 18.4. The van der Waals surface area contributed by atoms with Gasteiger partial charge in [-0.05, 0) is 37.3 Å². The second kappa shape index (κ2) is 8.24. The van der Waals surface area contributed by atoms with Crippen LogP contribution in [0, 0.1) is 5.92 Å². The number of halogens is 1. The van der Waals surface area contributed by atoms with Crippen LogP contribution >= 0.6 is 11.6 Å². The number of hydrogen-bond acceptors (Lipinski definition) is 4. The minimum atomic E-state index is -0.619. The van der Waals surface area contributed by atoms with Crippen LogP contribution in [0.25, 0.3) is 0 Å². The summed E-state index contributed by atoms with van der Waals surface area (Å²) in [7, 11) is 1.45. The predicted octanol–water partition coefficient (Wildman–Crippen LogP) is 2.47. The fourth-order valence-electron chi connectivity index (χ4n) is 2.78. The maximum Gasteiger partial charge on any atom is 0.255 e. The molecule has 6 nitrogen and oxygen atoms in total. The molecular formula is C17H23ClN2O4. The van der Waals surface area contributed by atoms with Crippen LogP contribution in [0.1, 0.15) is 36.5 Å². The Hall–Kier alpha value is -1.95. The van der Waals surface area contributed by atoms with Crippen LogP contribution in [0.4, 0.5) is 0 Å². The highest BCUT2D eigenvalue weighted by Crippen LogP contribution is 2.37. The van der Waals surface area contributed by atoms with Gasteiger partial charge in [-0.25, -0.2) is 0 Å². The molecule has 7 heteroatoms. The Balaban J connectivity index is 2.22. The number of primary amides is 1. The number of nitrogens with zero attached hydrogens (tertiary/aromatic N) is 1. The van der Waals surface area contributed by atoms with Gasteiger partial charge >= 0.3 is 0 Å². The van der Waals surface area contributed by atoms with E-state index in [9.17, 15) is 9.59 Å². The summed E-state index contributed by atoms with van der Waals surface area (Å²) in [5, 5.41) is 0.210. The fraction of sp³-hybridized carbons (Fsp3) is 0.529. The second-order valence-electron chi connectivity index (χ2n) is 6.07. The molecule has 0 spiro atoms. The summed E-state index contributed by atoms with van der Waals surface area (Å²) in [5.41, 5.74) is 5.52. The zero-order valence-corrected chi connectivity index (χ0v) is 14.8. The second-order valence-corrected chi connectivity index (χ2v) is 6.48. The average Bonchev–Trinajstić information content (AvgIpc) is 2.76. The minimum absolute atomic E-state index is 0.0780. The SMILES string of the molecule is COc1cc(C(=O)N2CCCC(C)CC2)cc(Cl)c1OCC(N)=O. The molecule has 24 heavy (non-hydrogen) atoms. The molecule has 2 N–H and O–H groups in total. The van der Waals surface area contributed by atoms with Gasteiger partial charge in [0.25, 0.3) is 11.8 Å². The molecule has 1 saturated heterocycles. The number of carbonyl (C=O) groups is 2. The van der Waals surface area contributed by atoms with E-state index < -0.39 is 5.91 Å². The van der Waals surface area contributed by atoms with E-state index in [1.165, 1.54) is 13.2 Å². The lowest BCUT2D eigenvalue weighted by atomic mass is 10.0. The normalized spacial score (nSPS) is 18.0. The van der Waals surface area contributed by atoms with E-state index in [4.69, 9.17) is 26.8 Å². The summed E-state index contributed by atoms with van der Waals surface area (Å²) in [6.45, 7) is 3.37. The molecule has 1 unspecified atom stereocenters. The van der Waals surface area contributed by atoms with E-state index in [-0.39, 0.29) is 23.3 Å². The maximum absolute atomic E-state index is 12.8. The van der Waals surface area contributed by atoms with E-state index >= 15 is 0 Å². The van der Waals surface area contributed by atoms with Crippen LogP contribution in [0.3, 0.4) is 0 Å². The van der Waals surface area contributed by atoms with Crippen LogP contribution in [0.15, 0.2) is 12.1 Å². The van der Waals surface area contributed by atoms with E-state index in [1.807, 2.05) is 4.90 Å². The molecule has 1 aromatic carbocycles. The molecule has 2 amide bonds. The van der Waals surface area contributed by atoms with Gasteiger partial charge in [-0.3, -0.25) is 9.59 Å². The van der Waals surface area contributed by atoms with Crippen molar-refractivity contribution in [3.63, 3.8) is 0 Å². The number of nitrogens with two attached hydrogens (primary N) is 1. The topological polar surface area (TPSA) is 81.9 Å². The zero-order valence-electron chi connectivity index (χ0n) is 14.0. The van der Waals surface area contributed by atoms with Crippen LogP contribution in [-0.2, 0) is 4.79 Å². The first-order valence-electron chi connectivity index (χ1n) is 8.00. The molecule has 2 rings (SSSR count). The van der Waals surface area contributed by atoms with Gasteiger partial charge in [0.05, 0.1) is 12.1 Å². The van der Waals surface area contributed by atoms with Gasteiger partial charge in [0.15, 0.2) is 18.1 Å². The lowest BCUT2D eigenvalue weighted by Gasteiger charge is -2.21. The number of ether oxygens (including phenoxy) is 2. The third-order valence-corrected chi connectivity index (χ3v) is 4.42. The van der Waals surface area contributed by atoms with Crippen molar-refractivity contribution >= 4 is 23.4 Å². The van der Waals surface area contributed by atoms with E-state index in [1.54, 1.807) is 6.07 Å². The van der Waals surface area contributed by atoms with Crippen molar-refractivity contribution in [2.45, 2.75) is 26.2 Å². The van der Waals surface area contributed by atoms with E-state index in [2.05, 4.69) is 6.92 Å². The monoisotopic (exact) mass is 354 g/mol. The van der Waals surface area contributed by atoms with Crippen molar-refractivity contribution in [1.29, 1.82) is 0 Å². The Morgan fingerprint density at radius 3 is 2.75 bits per heavy atom. The highest BCUT2D eigenvalue weighted by atomic mass is 35.5. The van der Waals surface area contributed by atoms with Gasteiger partial charge in [0, 0.05) is 18.7 Å². The van der Waals surface area contributed by atoms with Crippen molar-refractivity contribution in [2.75, 3.05) is 26.8 Å². The largest absolute Gasteiger partial charge is 0.493 e. The van der Waals surface area contributed by atoms with E-state index in [0.29, 0.717) is 17.2 Å². The molecule has 0 aromatic heterocycles. The van der Waals surface area contributed by atoms with Crippen molar-refractivity contribution in [3.05, 3.63) is 22.7 Å². The summed E-state index contributed by atoms with van der Waals surface area (Å²) >= 11 is 6.21. The molecule has 1 heterocycles. The third-order valence-electron chi connectivity index (χ3n) is 4.14. The molecular weight excluding hydrogens is 332 g/mol. The van der Waals surface area contributed by atoms with Gasteiger partial charge in [0.1, 0.15) is 0 Å². The Morgan fingerprint density at radius 1 is 1.33 bits per heavy atom. The number of methoxy groups -OCH3 is 1. The average molecular weight is 355 g/mol. The number of likely N-dealkylation sites (tertiary alicyclic amines) is 1. The first-order chi connectivity index (χ1) is 11.4. The van der Waals surface area contributed by atoms with Crippen LogP contribution in [-0.4, -0.2) is 43.5 Å². The number of carbonyl (C=O) groups excluding carboxylic acids is 2. The highest BCUT2D eigenvalue weighted by molar-refractivity contribution is 6.32. The molecule has 0 radical (unpaired) electrons. The standard InChI is InChI=1S/C17H23ClN2O4/c1-11-4-3-6-20(7-5-11)17(22)12-8-13(18)16(14(9-12)23-2)24-10-15(19)21/h8-9,11H,3-7,10H2,1-2H3,(H2,19,21). The number of hydrogen-bond donors (Lipinski definition) is 1. The quantitative estimate of drug-likeness (QED) is 0.880. The van der Waals surface area contributed by atoms with Crippen molar-refractivity contribution in [1.82, 2.24) is 4.90 Å². The predicted molar refractivity (Wildman–Crippen MR) is 91.6 cm³/mol. The molecule has 1 atom stereocenters. The summed E-state index contributed by atoms with van der Waals surface area (Å²) in [6.07, 6.45) is 3.13. The van der Waals surface area contributed by atoms with Crippen molar-refractivity contribution in [2.24, 2.45) is 11.7 Å². The van der Waals surface area contributed by atoms with Crippen molar-refractivity contribution in [3.8, 4) is 11.5 Å². The number of rotatable bonds is 5. The van der Waals surface area contributed by atoms with Crippen molar-refractivity contribution < 1.29 is 19.1 Å². The molecule has 1 fully saturated rings. The minimum Gasteiger partial charge on any atom is -0.493 e. The first-order valence-corrected chi connectivity index (χ1v) is 8.38. The Kier molecular flexibility index (Phi) is 6.31. The molecule has 0 aliphatic carbocycles. The summed E-state index contributed by atoms with van der Waals surface area (Å²) in [6, 6.07) is 3.12. The molecule has 1 aliphatic rings. The maximum atomic E-state index is 12.8. The van der Waals surface area contributed by atoms with Crippen LogP contribution in [0.5, 0.6) is 11.5 Å². The fourth-order valence-corrected chi connectivity index (χ4v) is 3.04. The Bertz CT molecular complexity index is 621.